The van der Waals surface area contributed by atoms with E-state index in [0.29, 0.717) is 13.2 Å². The van der Waals surface area contributed by atoms with Crippen LogP contribution in [0.25, 0.3) is 0 Å². The van der Waals surface area contributed by atoms with Crippen LogP contribution < -0.4 is 5.32 Å². The lowest BCUT2D eigenvalue weighted by molar-refractivity contribution is -0.142. The molecule has 0 aromatic carbocycles. The second-order valence-electron chi connectivity index (χ2n) is 3.13. The molecule has 0 fully saturated rings. The van der Waals surface area contributed by atoms with Crippen molar-refractivity contribution in [3.8, 4) is 0 Å². The zero-order chi connectivity index (χ0) is 11.1. The first-order valence-corrected chi connectivity index (χ1v) is 5.20. The van der Waals surface area contributed by atoms with Gasteiger partial charge in [-0.3, -0.25) is 10.1 Å². The molecule has 84 valence electrons. The Morgan fingerprint density at radius 2 is 2.13 bits per heavy atom. The minimum Gasteiger partial charge on any atom is -0.465 e. The van der Waals surface area contributed by atoms with Crippen molar-refractivity contribution in [1.29, 1.82) is 0 Å². The molecular formula is C11H17NO3. The van der Waals surface area contributed by atoms with Crippen LogP contribution in [0.1, 0.15) is 25.4 Å². The maximum atomic E-state index is 11.0. The zero-order valence-electron chi connectivity index (χ0n) is 9.21. The van der Waals surface area contributed by atoms with Gasteiger partial charge in [0, 0.05) is 6.42 Å². The van der Waals surface area contributed by atoms with Gasteiger partial charge in [0.1, 0.15) is 11.5 Å². The first-order chi connectivity index (χ1) is 7.26. The van der Waals surface area contributed by atoms with Gasteiger partial charge in [0.05, 0.1) is 19.7 Å². The second kappa shape index (κ2) is 6.24. The number of rotatable bonds is 6. The first kappa shape index (κ1) is 11.8. The topological polar surface area (TPSA) is 51.5 Å². The number of hydrogen-bond donors (Lipinski definition) is 1. The fourth-order valence-electron chi connectivity index (χ4n) is 1.21. The summed E-state index contributed by atoms with van der Waals surface area (Å²) in [4.78, 5) is 11.0. The molecule has 0 aliphatic heterocycles. The lowest BCUT2D eigenvalue weighted by Gasteiger charge is -2.02. The van der Waals surface area contributed by atoms with Crippen LogP contribution in [-0.4, -0.2) is 19.1 Å². The smallest absolute Gasteiger partial charge is 0.319 e. The van der Waals surface area contributed by atoms with Crippen LogP contribution in [0.5, 0.6) is 0 Å². The Morgan fingerprint density at radius 3 is 2.73 bits per heavy atom. The highest BCUT2D eigenvalue weighted by Gasteiger charge is 2.03. The quantitative estimate of drug-likeness (QED) is 0.724. The van der Waals surface area contributed by atoms with Gasteiger partial charge in [-0.1, -0.05) is 6.92 Å². The Bertz CT molecular complexity index is 307. The van der Waals surface area contributed by atoms with E-state index in [1.54, 1.807) is 6.92 Å². The summed E-state index contributed by atoms with van der Waals surface area (Å²) in [6.07, 6.45) is 0.887. The summed E-state index contributed by atoms with van der Waals surface area (Å²) in [5.74, 6) is 1.57. The van der Waals surface area contributed by atoms with E-state index in [1.165, 1.54) is 0 Å². The van der Waals surface area contributed by atoms with Crippen molar-refractivity contribution in [2.45, 2.75) is 26.8 Å². The largest absolute Gasteiger partial charge is 0.465 e. The molecule has 1 aromatic rings. The molecule has 1 aromatic heterocycles. The van der Waals surface area contributed by atoms with Crippen molar-refractivity contribution < 1.29 is 13.9 Å². The van der Waals surface area contributed by atoms with E-state index >= 15 is 0 Å². The molecule has 1 heterocycles. The average Bonchev–Trinajstić information content (AvgIpc) is 2.66. The summed E-state index contributed by atoms with van der Waals surface area (Å²) in [5, 5.41) is 2.96. The molecular weight excluding hydrogens is 194 g/mol. The van der Waals surface area contributed by atoms with Crippen molar-refractivity contribution in [3.63, 3.8) is 0 Å². The molecule has 0 atom stereocenters. The van der Waals surface area contributed by atoms with E-state index in [4.69, 9.17) is 9.15 Å². The van der Waals surface area contributed by atoms with Crippen LogP contribution in [0.15, 0.2) is 16.5 Å². The number of aryl methyl sites for hydroxylation is 1. The van der Waals surface area contributed by atoms with Gasteiger partial charge in [0.2, 0.25) is 0 Å². The highest BCUT2D eigenvalue weighted by atomic mass is 16.5. The Labute approximate surface area is 89.6 Å². The van der Waals surface area contributed by atoms with Crippen molar-refractivity contribution in [2.75, 3.05) is 13.2 Å². The molecule has 0 saturated carbocycles. The number of hydrogen-bond acceptors (Lipinski definition) is 4. The van der Waals surface area contributed by atoms with Crippen LogP contribution in [0.2, 0.25) is 0 Å². The Balaban J connectivity index is 2.22. The van der Waals surface area contributed by atoms with Gasteiger partial charge in [0.15, 0.2) is 0 Å². The minimum absolute atomic E-state index is 0.218. The third-order valence-electron chi connectivity index (χ3n) is 1.94. The number of carbonyl (C=O) groups is 1. The first-order valence-electron chi connectivity index (χ1n) is 5.20. The molecule has 0 radical (unpaired) electrons. The van der Waals surface area contributed by atoms with E-state index in [-0.39, 0.29) is 12.5 Å². The van der Waals surface area contributed by atoms with Crippen LogP contribution >= 0.6 is 0 Å². The fourth-order valence-corrected chi connectivity index (χ4v) is 1.21. The molecule has 0 bridgehead atoms. The summed E-state index contributed by atoms with van der Waals surface area (Å²) in [5.41, 5.74) is 0. The van der Waals surface area contributed by atoms with E-state index in [1.807, 2.05) is 19.1 Å². The van der Waals surface area contributed by atoms with Gasteiger partial charge in [-0.05, 0) is 19.1 Å². The molecule has 4 nitrogen and oxygen atoms in total. The van der Waals surface area contributed by atoms with Gasteiger partial charge in [-0.25, -0.2) is 0 Å². The predicted octanol–water partition coefficient (Wildman–Crippen LogP) is 1.49. The SMILES string of the molecule is CCOC(=O)CNCc1ccc(CC)o1. The third-order valence-corrected chi connectivity index (χ3v) is 1.94. The summed E-state index contributed by atoms with van der Waals surface area (Å²) < 4.78 is 10.2. The fraction of sp³-hybridized carbons (Fsp3) is 0.545. The number of carbonyl (C=O) groups excluding carboxylic acids is 1. The Kier molecular flexibility index (Phi) is 4.90. The molecule has 1 rings (SSSR count). The number of nitrogens with one attached hydrogen (secondary N) is 1. The van der Waals surface area contributed by atoms with Crippen molar-refractivity contribution in [2.24, 2.45) is 0 Å². The van der Waals surface area contributed by atoms with Crippen LogP contribution in [0.3, 0.4) is 0 Å². The molecule has 0 aliphatic rings. The Hall–Kier alpha value is -1.29. The van der Waals surface area contributed by atoms with E-state index in [0.717, 1.165) is 17.9 Å². The molecule has 1 N–H and O–H groups in total. The van der Waals surface area contributed by atoms with Crippen molar-refractivity contribution >= 4 is 5.97 Å². The lowest BCUT2D eigenvalue weighted by atomic mass is 10.3. The van der Waals surface area contributed by atoms with Gasteiger partial charge >= 0.3 is 5.97 Å². The average molecular weight is 211 g/mol. The normalized spacial score (nSPS) is 10.3. The second-order valence-corrected chi connectivity index (χ2v) is 3.13. The van der Waals surface area contributed by atoms with Crippen LogP contribution in [0, 0.1) is 0 Å². The third kappa shape index (κ3) is 4.16. The summed E-state index contributed by atoms with van der Waals surface area (Å²) >= 11 is 0. The van der Waals surface area contributed by atoms with Crippen molar-refractivity contribution in [1.82, 2.24) is 5.32 Å². The standard InChI is InChI=1S/C11H17NO3/c1-3-9-5-6-10(15-9)7-12-8-11(13)14-4-2/h5-6,12H,3-4,7-8H2,1-2H3. The van der Waals surface area contributed by atoms with Gasteiger partial charge < -0.3 is 9.15 Å². The highest BCUT2D eigenvalue weighted by Crippen LogP contribution is 2.07. The summed E-state index contributed by atoms with van der Waals surface area (Å²) in [7, 11) is 0. The van der Waals surface area contributed by atoms with E-state index in [9.17, 15) is 4.79 Å². The zero-order valence-corrected chi connectivity index (χ0v) is 9.21. The lowest BCUT2D eigenvalue weighted by Crippen LogP contribution is -2.24. The number of ether oxygens (including phenoxy) is 1. The minimum atomic E-state index is -0.236. The summed E-state index contributed by atoms with van der Waals surface area (Å²) in [6, 6.07) is 3.86. The Morgan fingerprint density at radius 1 is 1.40 bits per heavy atom. The van der Waals surface area contributed by atoms with E-state index in [2.05, 4.69) is 5.32 Å². The van der Waals surface area contributed by atoms with Gasteiger partial charge in [-0.2, -0.15) is 0 Å². The van der Waals surface area contributed by atoms with E-state index < -0.39 is 0 Å². The molecule has 0 amide bonds. The summed E-state index contributed by atoms with van der Waals surface area (Å²) in [6.45, 7) is 5.02. The van der Waals surface area contributed by atoms with Crippen LogP contribution in [-0.2, 0) is 22.5 Å². The maximum absolute atomic E-state index is 11.0. The van der Waals surface area contributed by atoms with Crippen LogP contribution in [0.4, 0.5) is 0 Å². The molecule has 4 heteroatoms. The number of esters is 1. The van der Waals surface area contributed by atoms with Crippen molar-refractivity contribution in [3.05, 3.63) is 23.7 Å². The highest BCUT2D eigenvalue weighted by molar-refractivity contribution is 5.71. The maximum Gasteiger partial charge on any atom is 0.319 e. The molecule has 0 saturated heterocycles. The molecule has 0 aliphatic carbocycles. The van der Waals surface area contributed by atoms with Gasteiger partial charge in [0.25, 0.3) is 0 Å². The number of furan rings is 1. The molecule has 0 spiro atoms. The van der Waals surface area contributed by atoms with Gasteiger partial charge in [-0.15, -0.1) is 0 Å². The predicted molar refractivity (Wildman–Crippen MR) is 56.4 cm³/mol. The molecule has 15 heavy (non-hydrogen) atoms. The monoisotopic (exact) mass is 211 g/mol. The molecule has 0 unspecified atom stereocenters.